The Morgan fingerprint density at radius 2 is 1.68 bits per heavy atom. The van der Waals surface area contributed by atoms with Gasteiger partial charge in [-0.15, -0.1) is 0 Å². The molecule has 0 unspecified atom stereocenters. The van der Waals surface area contributed by atoms with Crippen LogP contribution < -0.4 is 5.56 Å². The van der Waals surface area contributed by atoms with Crippen LogP contribution in [-0.2, 0) is 25.7 Å². The summed E-state index contributed by atoms with van der Waals surface area (Å²) in [6, 6.07) is 11.5. The summed E-state index contributed by atoms with van der Waals surface area (Å²) in [4.78, 5) is 16.7. The monoisotopic (exact) mass is 420 g/mol. The first-order chi connectivity index (χ1) is 14.9. The van der Waals surface area contributed by atoms with E-state index in [1.165, 1.54) is 34.4 Å². The number of aromatic amines is 1. The van der Waals surface area contributed by atoms with Gasteiger partial charge >= 0.3 is 0 Å². The molecule has 0 amide bonds. The predicted molar refractivity (Wildman–Crippen MR) is 125 cm³/mol. The summed E-state index contributed by atoms with van der Waals surface area (Å²) in [6.07, 6.45) is 3.43. The molecule has 2 aromatic carbocycles. The van der Waals surface area contributed by atoms with Gasteiger partial charge in [0.15, 0.2) is 0 Å². The van der Waals surface area contributed by atoms with Crippen molar-refractivity contribution in [2.24, 2.45) is 0 Å². The number of hydrogen-bond donors (Lipinski definition) is 3. The number of benzene rings is 2. The van der Waals surface area contributed by atoms with Crippen molar-refractivity contribution in [3.63, 3.8) is 0 Å². The van der Waals surface area contributed by atoms with Crippen molar-refractivity contribution in [1.29, 1.82) is 0 Å². The standard InChI is InChI=1S/C26H32N2O3/c1-4-16-11-18-13-20(14-19(18)12-17(16)5-2)28(6-3)15-24(30)21-7-9-23(29)26-22(21)8-10-25(31)27-26/h7-12,20,24,29-30H,4-6,13-15H2,1-3H3,(H,27,31)/t24-/m0/s1. The van der Waals surface area contributed by atoms with E-state index in [1.807, 2.05) is 0 Å². The molecule has 31 heavy (non-hydrogen) atoms. The molecule has 164 valence electrons. The van der Waals surface area contributed by atoms with Crippen LogP contribution in [0.4, 0.5) is 0 Å². The van der Waals surface area contributed by atoms with E-state index in [0.717, 1.165) is 37.8 Å². The van der Waals surface area contributed by atoms with Crippen LogP contribution in [0.2, 0.25) is 0 Å². The van der Waals surface area contributed by atoms with E-state index in [9.17, 15) is 15.0 Å². The number of phenolic OH excluding ortho intramolecular Hbond substituents is 1. The number of fused-ring (bicyclic) bond motifs is 2. The van der Waals surface area contributed by atoms with Gasteiger partial charge in [0, 0.05) is 24.0 Å². The van der Waals surface area contributed by atoms with E-state index in [4.69, 9.17) is 0 Å². The van der Waals surface area contributed by atoms with E-state index in [1.54, 1.807) is 12.1 Å². The van der Waals surface area contributed by atoms with Gasteiger partial charge in [-0.05, 0) is 72.2 Å². The van der Waals surface area contributed by atoms with E-state index in [-0.39, 0.29) is 11.3 Å². The Morgan fingerprint density at radius 1 is 1.03 bits per heavy atom. The summed E-state index contributed by atoms with van der Waals surface area (Å²) in [5, 5.41) is 21.9. The van der Waals surface area contributed by atoms with Crippen molar-refractivity contribution in [1.82, 2.24) is 9.88 Å². The topological polar surface area (TPSA) is 76.6 Å². The number of aromatic hydroxyl groups is 1. The highest BCUT2D eigenvalue weighted by atomic mass is 16.3. The van der Waals surface area contributed by atoms with Gasteiger partial charge < -0.3 is 15.2 Å². The number of hydrogen-bond acceptors (Lipinski definition) is 4. The minimum absolute atomic E-state index is 0.0145. The van der Waals surface area contributed by atoms with Crippen LogP contribution >= 0.6 is 0 Å². The van der Waals surface area contributed by atoms with Crippen molar-refractivity contribution in [2.45, 2.75) is 58.6 Å². The van der Waals surface area contributed by atoms with Gasteiger partial charge in [-0.3, -0.25) is 9.69 Å². The van der Waals surface area contributed by atoms with Crippen LogP contribution in [0.15, 0.2) is 41.2 Å². The van der Waals surface area contributed by atoms with Crippen LogP contribution in [0.3, 0.4) is 0 Å². The lowest BCUT2D eigenvalue weighted by Crippen LogP contribution is -2.38. The Labute approximate surface area is 183 Å². The molecule has 0 spiro atoms. The van der Waals surface area contributed by atoms with E-state index >= 15 is 0 Å². The highest BCUT2D eigenvalue weighted by molar-refractivity contribution is 5.87. The molecule has 1 atom stereocenters. The average Bonchev–Trinajstić information content (AvgIpc) is 3.19. The van der Waals surface area contributed by atoms with Gasteiger partial charge in [0.05, 0.1) is 11.6 Å². The van der Waals surface area contributed by atoms with Crippen molar-refractivity contribution in [3.05, 3.63) is 74.6 Å². The maximum Gasteiger partial charge on any atom is 0.248 e. The molecule has 0 saturated heterocycles. The molecule has 0 radical (unpaired) electrons. The van der Waals surface area contributed by atoms with Gasteiger partial charge in [0.25, 0.3) is 0 Å². The summed E-state index contributed by atoms with van der Waals surface area (Å²) < 4.78 is 0. The zero-order valence-corrected chi connectivity index (χ0v) is 18.6. The van der Waals surface area contributed by atoms with Crippen LogP contribution in [0, 0.1) is 0 Å². The van der Waals surface area contributed by atoms with Crippen LogP contribution in [0.25, 0.3) is 10.9 Å². The molecule has 3 aromatic rings. The third-order valence-electron chi connectivity index (χ3n) is 6.79. The number of rotatable bonds is 7. The van der Waals surface area contributed by atoms with Crippen LogP contribution in [0.5, 0.6) is 5.75 Å². The summed E-state index contributed by atoms with van der Waals surface area (Å²) >= 11 is 0. The normalized spacial score (nSPS) is 15.0. The Bertz CT molecular complexity index is 1120. The zero-order chi connectivity index (χ0) is 22.1. The highest BCUT2D eigenvalue weighted by Gasteiger charge is 2.29. The smallest absolute Gasteiger partial charge is 0.248 e. The Kier molecular flexibility index (Phi) is 6.17. The third-order valence-corrected chi connectivity index (χ3v) is 6.79. The lowest BCUT2D eigenvalue weighted by molar-refractivity contribution is 0.0932. The number of aryl methyl sites for hydroxylation is 2. The first-order valence-corrected chi connectivity index (χ1v) is 11.4. The van der Waals surface area contributed by atoms with Crippen molar-refractivity contribution >= 4 is 10.9 Å². The summed E-state index contributed by atoms with van der Waals surface area (Å²) in [5.74, 6) is 0.0145. The van der Waals surface area contributed by atoms with Crippen LogP contribution in [-0.4, -0.2) is 39.2 Å². The molecule has 1 aliphatic rings. The fourth-order valence-electron chi connectivity index (χ4n) is 5.07. The third kappa shape index (κ3) is 4.12. The summed E-state index contributed by atoms with van der Waals surface area (Å²) in [6.45, 7) is 7.94. The quantitative estimate of drug-likeness (QED) is 0.542. The van der Waals surface area contributed by atoms with Gasteiger partial charge in [0.1, 0.15) is 5.75 Å². The number of likely N-dealkylation sites (N-methyl/N-ethyl adjacent to an activating group) is 1. The zero-order valence-electron chi connectivity index (χ0n) is 18.6. The predicted octanol–water partition coefficient (Wildman–Crippen LogP) is 3.88. The lowest BCUT2D eigenvalue weighted by Gasteiger charge is -2.30. The molecule has 1 heterocycles. The minimum atomic E-state index is -0.713. The average molecular weight is 421 g/mol. The molecule has 4 rings (SSSR count). The molecular weight excluding hydrogens is 388 g/mol. The molecule has 1 aromatic heterocycles. The van der Waals surface area contributed by atoms with Crippen LogP contribution in [0.1, 0.15) is 54.7 Å². The minimum Gasteiger partial charge on any atom is -0.506 e. The number of H-pyrrole nitrogens is 1. The summed E-state index contributed by atoms with van der Waals surface area (Å²) in [7, 11) is 0. The molecule has 5 heteroatoms. The van der Waals surface area contributed by atoms with Gasteiger partial charge in [-0.25, -0.2) is 0 Å². The van der Waals surface area contributed by atoms with E-state index < -0.39 is 6.10 Å². The first-order valence-electron chi connectivity index (χ1n) is 11.4. The lowest BCUT2D eigenvalue weighted by atomic mass is 9.97. The second kappa shape index (κ2) is 8.85. The fraction of sp³-hybridized carbons (Fsp3) is 0.423. The fourth-order valence-corrected chi connectivity index (χ4v) is 5.07. The number of nitrogens with zero attached hydrogens (tertiary/aromatic N) is 1. The maximum atomic E-state index is 11.7. The molecule has 0 bridgehead atoms. The van der Waals surface area contributed by atoms with E-state index in [0.29, 0.717) is 23.5 Å². The van der Waals surface area contributed by atoms with Gasteiger partial charge in [-0.2, -0.15) is 0 Å². The van der Waals surface area contributed by atoms with Crippen molar-refractivity contribution in [3.8, 4) is 5.75 Å². The number of nitrogens with one attached hydrogen (secondary N) is 1. The highest BCUT2D eigenvalue weighted by Crippen LogP contribution is 2.32. The van der Waals surface area contributed by atoms with Gasteiger partial charge in [-0.1, -0.05) is 39.0 Å². The van der Waals surface area contributed by atoms with Crippen molar-refractivity contribution in [2.75, 3.05) is 13.1 Å². The Morgan fingerprint density at radius 3 is 2.26 bits per heavy atom. The van der Waals surface area contributed by atoms with Crippen molar-refractivity contribution < 1.29 is 10.2 Å². The number of aliphatic hydroxyl groups is 1. The SMILES string of the molecule is CCc1cc2c(cc1CC)CC(N(CC)C[C@H](O)c1ccc(O)c3[nH]c(=O)ccc13)C2. The molecule has 0 saturated carbocycles. The van der Waals surface area contributed by atoms with Gasteiger partial charge in [0.2, 0.25) is 5.56 Å². The largest absolute Gasteiger partial charge is 0.506 e. The number of aliphatic hydroxyl groups excluding tert-OH is 1. The molecule has 0 fully saturated rings. The number of phenols is 1. The molecule has 3 N–H and O–H groups in total. The first kappa shape index (κ1) is 21.6. The second-order valence-electron chi connectivity index (χ2n) is 8.55. The number of aromatic nitrogens is 1. The number of pyridine rings is 1. The molecule has 5 nitrogen and oxygen atoms in total. The molecule has 1 aliphatic carbocycles. The summed E-state index contributed by atoms with van der Waals surface area (Å²) in [5.41, 5.74) is 6.62. The Hall–Kier alpha value is -2.63. The molecular formula is C26H32N2O3. The maximum absolute atomic E-state index is 11.7. The Balaban J connectivity index is 1.57. The molecule has 0 aliphatic heterocycles. The second-order valence-corrected chi connectivity index (χ2v) is 8.55. The van der Waals surface area contributed by atoms with E-state index in [2.05, 4.69) is 42.8 Å².